The molecular weight excluding hydrogens is 322 g/mol. The molecule has 1 amide bonds. The summed E-state index contributed by atoms with van der Waals surface area (Å²) in [5.74, 6) is 0.864. The molecule has 0 atom stereocenters. The average Bonchev–Trinajstić information content (AvgIpc) is 3.05. The zero-order valence-corrected chi connectivity index (χ0v) is 16.0. The molecule has 2 aromatic heterocycles. The van der Waals surface area contributed by atoms with Crippen molar-refractivity contribution in [3.8, 4) is 0 Å². The van der Waals surface area contributed by atoms with Gasteiger partial charge in [0.05, 0.1) is 16.4 Å². The molecule has 0 saturated heterocycles. The van der Waals surface area contributed by atoms with E-state index in [4.69, 9.17) is 4.52 Å². The molecule has 0 spiro atoms. The number of hydrogen-bond donors (Lipinski definition) is 1. The molecule has 0 fully saturated rings. The molecule has 0 aliphatic carbocycles. The average molecular weight is 350 g/mol. The lowest BCUT2D eigenvalue weighted by Crippen LogP contribution is -2.29. The Kier molecular flexibility index (Phi) is 6.54. The van der Waals surface area contributed by atoms with Gasteiger partial charge in [0.1, 0.15) is 10.6 Å². The lowest BCUT2D eigenvalue weighted by Gasteiger charge is -2.06. The monoisotopic (exact) mass is 349 g/mol. The predicted octanol–water partition coefficient (Wildman–Crippen LogP) is 4.01. The van der Waals surface area contributed by atoms with E-state index in [1.54, 1.807) is 0 Å². The number of carbonyl (C=O) groups is 1. The van der Waals surface area contributed by atoms with Crippen molar-refractivity contribution in [1.82, 2.24) is 15.5 Å². The van der Waals surface area contributed by atoms with Gasteiger partial charge in [-0.2, -0.15) is 0 Å². The van der Waals surface area contributed by atoms with Crippen LogP contribution in [0, 0.1) is 13.8 Å². The standard InChI is InChI=1S/C18H27N3O2S/c1-6-7-8-15-14(13(5)23-21-15)9-10-16-20-12(4)17(24-16)18(22)19-11(2)3/h11H,6-10H2,1-5H3,(H,19,22). The Morgan fingerprint density at radius 2 is 2.00 bits per heavy atom. The highest BCUT2D eigenvalue weighted by atomic mass is 32.1. The Morgan fingerprint density at radius 3 is 2.67 bits per heavy atom. The van der Waals surface area contributed by atoms with Crippen molar-refractivity contribution in [2.75, 3.05) is 0 Å². The van der Waals surface area contributed by atoms with Gasteiger partial charge in [0.2, 0.25) is 0 Å². The smallest absolute Gasteiger partial charge is 0.263 e. The van der Waals surface area contributed by atoms with Gasteiger partial charge >= 0.3 is 0 Å². The van der Waals surface area contributed by atoms with Crippen molar-refractivity contribution in [2.24, 2.45) is 0 Å². The summed E-state index contributed by atoms with van der Waals surface area (Å²) in [6.45, 7) is 9.96. The summed E-state index contributed by atoms with van der Waals surface area (Å²) in [6, 6.07) is 0.128. The van der Waals surface area contributed by atoms with Crippen molar-refractivity contribution >= 4 is 17.2 Å². The fraction of sp³-hybridized carbons (Fsp3) is 0.611. The summed E-state index contributed by atoms with van der Waals surface area (Å²) in [4.78, 5) is 17.5. The highest BCUT2D eigenvalue weighted by Crippen LogP contribution is 2.22. The number of nitrogens with one attached hydrogen (secondary N) is 1. The highest BCUT2D eigenvalue weighted by molar-refractivity contribution is 7.13. The number of aryl methyl sites for hydroxylation is 4. The second-order valence-electron chi connectivity index (χ2n) is 6.42. The molecule has 2 rings (SSSR count). The quantitative estimate of drug-likeness (QED) is 0.782. The van der Waals surface area contributed by atoms with E-state index in [0.29, 0.717) is 4.88 Å². The molecule has 2 aromatic rings. The molecule has 6 heteroatoms. The zero-order valence-electron chi connectivity index (χ0n) is 15.2. The van der Waals surface area contributed by atoms with Gasteiger partial charge < -0.3 is 9.84 Å². The van der Waals surface area contributed by atoms with E-state index in [-0.39, 0.29) is 11.9 Å². The number of unbranched alkanes of at least 4 members (excludes halogenated alkanes) is 1. The van der Waals surface area contributed by atoms with Crippen LogP contribution in [0.2, 0.25) is 0 Å². The van der Waals surface area contributed by atoms with Crippen LogP contribution in [0.5, 0.6) is 0 Å². The van der Waals surface area contributed by atoms with E-state index in [1.807, 2.05) is 27.7 Å². The third-order valence-electron chi connectivity index (χ3n) is 3.89. The topological polar surface area (TPSA) is 68.0 Å². The van der Waals surface area contributed by atoms with E-state index in [2.05, 4.69) is 22.4 Å². The molecule has 132 valence electrons. The fourth-order valence-electron chi connectivity index (χ4n) is 2.63. The van der Waals surface area contributed by atoms with Crippen LogP contribution in [0.1, 0.15) is 71.0 Å². The number of thiazole rings is 1. The second-order valence-corrected chi connectivity index (χ2v) is 7.50. The van der Waals surface area contributed by atoms with Crippen molar-refractivity contribution in [3.05, 3.63) is 32.6 Å². The first kappa shape index (κ1) is 18.6. The van der Waals surface area contributed by atoms with E-state index >= 15 is 0 Å². The van der Waals surface area contributed by atoms with Crippen LogP contribution in [0.3, 0.4) is 0 Å². The van der Waals surface area contributed by atoms with E-state index < -0.39 is 0 Å². The third-order valence-corrected chi connectivity index (χ3v) is 5.10. The molecule has 0 unspecified atom stereocenters. The molecular formula is C18H27N3O2S. The molecule has 0 aliphatic heterocycles. The zero-order chi connectivity index (χ0) is 17.7. The van der Waals surface area contributed by atoms with Crippen molar-refractivity contribution in [2.45, 2.75) is 72.8 Å². The minimum absolute atomic E-state index is 0.0314. The minimum atomic E-state index is -0.0314. The van der Waals surface area contributed by atoms with Crippen LogP contribution in [0.15, 0.2) is 4.52 Å². The lowest BCUT2D eigenvalue weighted by molar-refractivity contribution is 0.0946. The molecule has 1 N–H and O–H groups in total. The number of hydrogen-bond acceptors (Lipinski definition) is 5. The molecule has 0 aliphatic rings. The van der Waals surface area contributed by atoms with E-state index in [1.165, 1.54) is 16.9 Å². The Morgan fingerprint density at radius 1 is 1.25 bits per heavy atom. The Labute approximate surface area is 147 Å². The van der Waals surface area contributed by atoms with Crippen LogP contribution in [0.25, 0.3) is 0 Å². The first-order valence-electron chi connectivity index (χ1n) is 8.63. The Hall–Kier alpha value is -1.69. The highest BCUT2D eigenvalue weighted by Gasteiger charge is 2.17. The summed E-state index contributed by atoms with van der Waals surface area (Å²) >= 11 is 1.49. The van der Waals surface area contributed by atoms with Gasteiger partial charge in [-0.3, -0.25) is 4.79 Å². The third kappa shape index (κ3) is 4.66. The second kappa shape index (κ2) is 8.42. The molecule has 0 radical (unpaired) electrons. The predicted molar refractivity (Wildman–Crippen MR) is 96.7 cm³/mol. The maximum atomic E-state index is 12.2. The number of aromatic nitrogens is 2. The van der Waals surface area contributed by atoms with Crippen molar-refractivity contribution in [3.63, 3.8) is 0 Å². The van der Waals surface area contributed by atoms with Crippen LogP contribution in [0.4, 0.5) is 0 Å². The van der Waals surface area contributed by atoms with Gasteiger partial charge in [-0.05, 0) is 47.0 Å². The molecule has 0 bridgehead atoms. The summed E-state index contributed by atoms with van der Waals surface area (Å²) in [7, 11) is 0. The lowest BCUT2D eigenvalue weighted by atomic mass is 10.0. The number of carbonyl (C=O) groups excluding carboxylic acids is 1. The van der Waals surface area contributed by atoms with Crippen LogP contribution < -0.4 is 5.32 Å². The van der Waals surface area contributed by atoms with E-state index in [9.17, 15) is 4.79 Å². The molecule has 5 nitrogen and oxygen atoms in total. The maximum Gasteiger partial charge on any atom is 0.263 e. The van der Waals surface area contributed by atoms with Crippen LogP contribution in [-0.4, -0.2) is 22.1 Å². The Bertz CT molecular complexity index is 688. The molecule has 24 heavy (non-hydrogen) atoms. The van der Waals surface area contributed by atoms with Gasteiger partial charge in [-0.25, -0.2) is 4.98 Å². The van der Waals surface area contributed by atoms with Gasteiger partial charge in [-0.15, -0.1) is 11.3 Å². The summed E-state index contributed by atoms with van der Waals surface area (Å²) in [5.41, 5.74) is 3.08. The normalized spacial score (nSPS) is 11.2. The van der Waals surface area contributed by atoms with Crippen molar-refractivity contribution in [1.29, 1.82) is 0 Å². The SMILES string of the molecule is CCCCc1noc(C)c1CCc1nc(C)c(C(=O)NC(C)C)s1. The first-order valence-corrected chi connectivity index (χ1v) is 9.45. The fourth-order valence-corrected chi connectivity index (χ4v) is 3.59. The number of nitrogens with zero attached hydrogens (tertiary/aromatic N) is 2. The van der Waals surface area contributed by atoms with Crippen LogP contribution in [-0.2, 0) is 19.3 Å². The molecule has 0 aromatic carbocycles. The molecule has 2 heterocycles. The maximum absolute atomic E-state index is 12.2. The largest absolute Gasteiger partial charge is 0.361 e. The van der Waals surface area contributed by atoms with Gasteiger partial charge in [0, 0.05) is 18.0 Å². The number of rotatable bonds is 8. The first-order chi connectivity index (χ1) is 11.4. The van der Waals surface area contributed by atoms with Crippen molar-refractivity contribution < 1.29 is 9.32 Å². The van der Waals surface area contributed by atoms with Gasteiger partial charge in [0.15, 0.2) is 0 Å². The minimum Gasteiger partial charge on any atom is -0.361 e. The summed E-state index contributed by atoms with van der Waals surface area (Å²) < 4.78 is 5.36. The van der Waals surface area contributed by atoms with Gasteiger partial charge in [0.25, 0.3) is 5.91 Å². The van der Waals surface area contributed by atoms with E-state index in [0.717, 1.165) is 54.3 Å². The van der Waals surface area contributed by atoms with Crippen LogP contribution >= 0.6 is 11.3 Å². The Balaban J connectivity index is 2.05. The summed E-state index contributed by atoms with van der Waals surface area (Å²) in [6.07, 6.45) is 4.89. The summed E-state index contributed by atoms with van der Waals surface area (Å²) in [5, 5.41) is 8.11. The van der Waals surface area contributed by atoms with Gasteiger partial charge in [-0.1, -0.05) is 18.5 Å². The number of amides is 1. The molecule has 0 saturated carbocycles.